The third-order valence-corrected chi connectivity index (χ3v) is 7.07. The van der Waals surface area contributed by atoms with Gasteiger partial charge in [0.1, 0.15) is 5.69 Å². The van der Waals surface area contributed by atoms with Crippen LogP contribution in [0.15, 0.2) is 42.6 Å². The molecule has 1 saturated heterocycles. The largest absolute Gasteiger partial charge is 0.348 e. The van der Waals surface area contributed by atoms with Crippen molar-refractivity contribution in [3.63, 3.8) is 0 Å². The average molecular weight is 471 g/mol. The quantitative estimate of drug-likeness (QED) is 0.565. The van der Waals surface area contributed by atoms with Gasteiger partial charge in [-0.1, -0.05) is 11.6 Å². The van der Waals surface area contributed by atoms with Gasteiger partial charge in [-0.25, -0.2) is 18.7 Å². The molecule has 1 aliphatic heterocycles. The van der Waals surface area contributed by atoms with Gasteiger partial charge in [0.05, 0.1) is 16.1 Å². The fourth-order valence-corrected chi connectivity index (χ4v) is 5.14. The first-order valence-electron chi connectivity index (χ1n) is 10.9. The van der Waals surface area contributed by atoms with Crippen LogP contribution in [0.25, 0.3) is 11.0 Å². The number of benzene rings is 1. The molecular weight excluding hydrogens is 450 g/mol. The van der Waals surface area contributed by atoms with Crippen molar-refractivity contribution in [2.75, 3.05) is 11.4 Å². The molecule has 1 saturated carbocycles. The van der Waals surface area contributed by atoms with Crippen LogP contribution < -0.4 is 10.2 Å². The molecule has 2 fully saturated rings. The summed E-state index contributed by atoms with van der Waals surface area (Å²) in [5, 5.41) is 3.89. The van der Waals surface area contributed by atoms with E-state index in [1.807, 2.05) is 18.2 Å². The highest BCUT2D eigenvalue weighted by Gasteiger charge is 2.49. The van der Waals surface area contributed by atoms with E-state index in [-0.39, 0.29) is 28.6 Å². The Balaban J connectivity index is 1.24. The number of halogens is 3. The van der Waals surface area contributed by atoms with Crippen LogP contribution in [0.3, 0.4) is 0 Å². The lowest BCUT2D eigenvalue weighted by molar-refractivity contribution is -0.127. The predicted molar refractivity (Wildman–Crippen MR) is 120 cm³/mol. The second-order valence-electron chi connectivity index (χ2n) is 8.70. The molecule has 0 atom stereocenters. The van der Waals surface area contributed by atoms with E-state index in [9.17, 15) is 18.4 Å². The number of pyridine rings is 2. The topological polar surface area (TPSA) is 75.2 Å². The van der Waals surface area contributed by atoms with Gasteiger partial charge in [-0.05, 0) is 62.4 Å². The van der Waals surface area contributed by atoms with Gasteiger partial charge in [0.15, 0.2) is 17.3 Å². The van der Waals surface area contributed by atoms with Crippen LogP contribution in [0, 0.1) is 17.0 Å². The first-order valence-corrected chi connectivity index (χ1v) is 11.2. The summed E-state index contributed by atoms with van der Waals surface area (Å²) in [6.45, 7) is 0.397. The van der Waals surface area contributed by atoms with E-state index in [4.69, 9.17) is 11.6 Å². The SMILES string of the molecule is O=C(N[C@H]1CC[C@@]2(CCN(c3cc(F)c(F)cc3Cl)C2=O)CC1)c1ccc2cccnc2n1. The number of rotatable bonds is 3. The van der Waals surface area contributed by atoms with Crippen molar-refractivity contribution in [3.8, 4) is 0 Å². The third kappa shape index (κ3) is 3.93. The lowest BCUT2D eigenvalue weighted by Crippen LogP contribution is -2.44. The molecule has 3 aromatic rings. The summed E-state index contributed by atoms with van der Waals surface area (Å²) in [4.78, 5) is 35.9. The Bertz CT molecular complexity index is 1260. The summed E-state index contributed by atoms with van der Waals surface area (Å²) in [6.07, 6.45) is 4.72. The van der Waals surface area contributed by atoms with Crippen LogP contribution in [-0.4, -0.2) is 34.4 Å². The number of aromatic nitrogens is 2. The molecule has 170 valence electrons. The van der Waals surface area contributed by atoms with Gasteiger partial charge in [0, 0.05) is 30.2 Å². The van der Waals surface area contributed by atoms with E-state index in [1.165, 1.54) is 4.90 Å². The minimum absolute atomic E-state index is 0.0117. The number of carbonyl (C=O) groups excluding carboxylic acids is 2. The van der Waals surface area contributed by atoms with E-state index in [2.05, 4.69) is 15.3 Å². The summed E-state index contributed by atoms with van der Waals surface area (Å²) in [5.41, 5.74) is 0.447. The first-order chi connectivity index (χ1) is 15.9. The maximum atomic E-state index is 13.8. The van der Waals surface area contributed by atoms with Crippen molar-refractivity contribution in [2.24, 2.45) is 5.41 Å². The number of nitrogens with zero attached hydrogens (tertiary/aromatic N) is 3. The van der Waals surface area contributed by atoms with Crippen molar-refractivity contribution in [2.45, 2.75) is 38.1 Å². The average Bonchev–Trinajstić information content (AvgIpc) is 3.13. The molecule has 1 spiro atoms. The molecule has 33 heavy (non-hydrogen) atoms. The number of hydrogen-bond donors (Lipinski definition) is 1. The van der Waals surface area contributed by atoms with Gasteiger partial charge in [-0.3, -0.25) is 9.59 Å². The molecule has 3 heterocycles. The number of nitrogens with one attached hydrogen (secondary N) is 1. The van der Waals surface area contributed by atoms with Crippen molar-refractivity contribution in [1.82, 2.24) is 15.3 Å². The summed E-state index contributed by atoms with van der Waals surface area (Å²) in [6, 6.07) is 8.99. The normalized spacial score (nSPS) is 22.8. The number of carbonyl (C=O) groups is 2. The molecule has 0 bridgehead atoms. The second kappa shape index (κ2) is 8.33. The molecule has 1 aliphatic carbocycles. The molecule has 1 N–H and O–H groups in total. The number of hydrogen-bond acceptors (Lipinski definition) is 4. The molecular formula is C24H21ClF2N4O2. The Hall–Kier alpha value is -3.13. The highest BCUT2D eigenvalue weighted by atomic mass is 35.5. The van der Waals surface area contributed by atoms with Crippen LogP contribution in [0.4, 0.5) is 14.5 Å². The van der Waals surface area contributed by atoms with E-state index in [0.29, 0.717) is 50.0 Å². The molecule has 9 heteroatoms. The van der Waals surface area contributed by atoms with E-state index in [0.717, 1.165) is 17.5 Å². The Kier molecular flexibility index (Phi) is 5.48. The molecule has 6 nitrogen and oxygen atoms in total. The maximum Gasteiger partial charge on any atom is 0.270 e. The number of amides is 2. The van der Waals surface area contributed by atoms with Crippen LogP contribution in [0.5, 0.6) is 0 Å². The Morgan fingerprint density at radius 1 is 1.12 bits per heavy atom. The van der Waals surface area contributed by atoms with Gasteiger partial charge < -0.3 is 10.2 Å². The van der Waals surface area contributed by atoms with Crippen LogP contribution >= 0.6 is 11.6 Å². The van der Waals surface area contributed by atoms with E-state index in [1.54, 1.807) is 12.3 Å². The summed E-state index contributed by atoms with van der Waals surface area (Å²) < 4.78 is 27.2. The smallest absolute Gasteiger partial charge is 0.270 e. The summed E-state index contributed by atoms with van der Waals surface area (Å²) >= 11 is 6.09. The van der Waals surface area contributed by atoms with Crippen LogP contribution in [0.1, 0.15) is 42.6 Å². The number of anilines is 1. The van der Waals surface area contributed by atoms with Crippen molar-refractivity contribution >= 4 is 40.1 Å². The van der Waals surface area contributed by atoms with Gasteiger partial charge in [0.2, 0.25) is 5.91 Å². The third-order valence-electron chi connectivity index (χ3n) is 6.77. The van der Waals surface area contributed by atoms with Crippen LogP contribution in [-0.2, 0) is 4.79 Å². The van der Waals surface area contributed by atoms with E-state index < -0.39 is 17.0 Å². The lowest BCUT2D eigenvalue weighted by Gasteiger charge is -2.36. The second-order valence-corrected chi connectivity index (χ2v) is 9.11. The maximum absolute atomic E-state index is 13.8. The standard InChI is InChI=1S/C24H21ClF2N4O2/c25-16-12-17(26)18(27)13-20(16)31-11-9-24(23(31)33)7-5-15(6-8-24)29-22(32)19-4-3-14-2-1-10-28-21(14)30-19/h1-4,10,12-13,15H,5-9,11H2,(H,29,32)/t15-,24-. The Labute approximate surface area is 194 Å². The van der Waals surface area contributed by atoms with Crippen molar-refractivity contribution < 1.29 is 18.4 Å². The zero-order chi connectivity index (χ0) is 23.2. The highest BCUT2D eigenvalue weighted by molar-refractivity contribution is 6.34. The van der Waals surface area contributed by atoms with Crippen LogP contribution in [0.2, 0.25) is 5.02 Å². The van der Waals surface area contributed by atoms with Crippen molar-refractivity contribution in [3.05, 3.63) is 64.9 Å². The van der Waals surface area contributed by atoms with Gasteiger partial charge in [-0.15, -0.1) is 0 Å². The van der Waals surface area contributed by atoms with Gasteiger partial charge in [0.25, 0.3) is 5.91 Å². The fraction of sp³-hybridized carbons (Fsp3) is 0.333. The minimum Gasteiger partial charge on any atom is -0.348 e. The monoisotopic (exact) mass is 470 g/mol. The molecule has 2 amide bonds. The molecule has 0 unspecified atom stereocenters. The summed E-state index contributed by atoms with van der Waals surface area (Å²) in [7, 11) is 0. The fourth-order valence-electron chi connectivity index (χ4n) is 4.89. The minimum atomic E-state index is -1.04. The first kappa shape index (κ1) is 21.7. The summed E-state index contributed by atoms with van der Waals surface area (Å²) in [5.74, 6) is -2.47. The van der Waals surface area contributed by atoms with Gasteiger partial charge in [-0.2, -0.15) is 0 Å². The zero-order valence-electron chi connectivity index (χ0n) is 17.7. The predicted octanol–water partition coefficient (Wildman–Crippen LogP) is 4.66. The number of fused-ring (bicyclic) bond motifs is 1. The molecule has 1 aromatic carbocycles. The molecule has 0 radical (unpaired) electrons. The lowest BCUT2D eigenvalue weighted by atomic mass is 9.71. The Morgan fingerprint density at radius 2 is 1.88 bits per heavy atom. The molecule has 2 aromatic heterocycles. The van der Waals surface area contributed by atoms with Crippen molar-refractivity contribution in [1.29, 1.82) is 0 Å². The molecule has 5 rings (SSSR count). The molecule has 2 aliphatic rings. The Morgan fingerprint density at radius 3 is 2.67 bits per heavy atom. The van der Waals surface area contributed by atoms with Gasteiger partial charge >= 0.3 is 0 Å². The zero-order valence-corrected chi connectivity index (χ0v) is 18.4. The van der Waals surface area contributed by atoms with E-state index >= 15 is 0 Å². The highest BCUT2D eigenvalue weighted by Crippen LogP contribution is 2.47.